The van der Waals surface area contributed by atoms with Crippen LogP contribution in [0, 0.1) is 5.82 Å². The maximum atomic E-state index is 13.4. The third-order valence-electron chi connectivity index (χ3n) is 5.63. The van der Waals surface area contributed by atoms with Crippen LogP contribution in [0.5, 0.6) is 17.2 Å². The molecule has 2 heterocycles. The molecule has 2 aliphatic heterocycles. The van der Waals surface area contributed by atoms with E-state index in [0.717, 1.165) is 28.2 Å². The summed E-state index contributed by atoms with van der Waals surface area (Å²) in [5.74, 6) is 1.68. The van der Waals surface area contributed by atoms with Crippen molar-refractivity contribution in [3.05, 3.63) is 88.2 Å². The molecular weight excluding hydrogens is 419 g/mol. The van der Waals surface area contributed by atoms with Gasteiger partial charge in [-0.15, -0.1) is 0 Å². The molecule has 3 aromatic carbocycles. The Balaban J connectivity index is 1.64. The molecular formula is C24H20ClFN2O3. The SMILES string of the molecule is COc1cccc([C@@H]2Oc3ccc(Cl)cc3[C@H]3CC(c4ccc(F)cc4)=NN32)c1OC. The van der Waals surface area contributed by atoms with Gasteiger partial charge in [0.05, 0.1) is 31.5 Å². The van der Waals surface area contributed by atoms with Crippen LogP contribution in [0.3, 0.4) is 0 Å². The van der Waals surface area contributed by atoms with E-state index in [0.29, 0.717) is 22.9 Å². The lowest BCUT2D eigenvalue weighted by Gasteiger charge is -2.38. The van der Waals surface area contributed by atoms with E-state index in [1.54, 1.807) is 26.4 Å². The van der Waals surface area contributed by atoms with Crippen molar-refractivity contribution in [1.29, 1.82) is 0 Å². The molecule has 0 N–H and O–H groups in total. The number of hydrazone groups is 1. The molecule has 0 saturated heterocycles. The molecule has 3 aromatic rings. The molecule has 5 nitrogen and oxygen atoms in total. The van der Waals surface area contributed by atoms with Gasteiger partial charge in [-0.2, -0.15) is 5.10 Å². The predicted octanol–water partition coefficient (Wildman–Crippen LogP) is 5.74. The predicted molar refractivity (Wildman–Crippen MR) is 117 cm³/mol. The summed E-state index contributed by atoms with van der Waals surface area (Å²) in [7, 11) is 3.21. The van der Waals surface area contributed by atoms with Gasteiger partial charge in [0.2, 0.25) is 6.23 Å². The maximum Gasteiger partial charge on any atom is 0.217 e. The first kappa shape index (κ1) is 19.7. The van der Waals surface area contributed by atoms with Crippen molar-refractivity contribution in [3.8, 4) is 17.2 Å². The number of rotatable bonds is 4. The molecule has 0 bridgehead atoms. The van der Waals surface area contributed by atoms with Crippen molar-refractivity contribution in [1.82, 2.24) is 5.01 Å². The second-order valence-corrected chi connectivity index (χ2v) is 7.83. The average Bonchev–Trinajstić information content (AvgIpc) is 3.24. The Bertz CT molecular complexity index is 1170. The molecule has 0 aliphatic carbocycles. The number of hydrogen-bond donors (Lipinski definition) is 0. The maximum absolute atomic E-state index is 13.4. The Hall–Kier alpha value is -3.25. The van der Waals surface area contributed by atoms with Crippen LogP contribution in [0.15, 0.2) is 65.8 Å². The fourth-order valence-electron chi connectivity index (χ4n) is 4.19. The molecule has 31 heavy (non-hydrogen) atoms. The molecule has 0 fully saturated rings. The van der Waals surface area contributed by atoms with E-state index in [1.165, 1.54) is 12.1 Å². The van der Waals surface area contributed by atoms with Crippen molar-refractivity contribution in [2.75, 3.05) is 14.2 Å². The fraction of sp³-hybridized carbons (Fsp3) is 0.208. The minimum atomic E-state index is -0.526. The van der Waals surface area contributed by atoms with Crippen LogP contribution in [0.2, 0.25) is 5.02 Å². The summed E-state index contributed by atoms with van der Waals surface area (Å²) in [5.41, 5.74) is 3.49. The zero-order chi connectivity index (χ0) is 21.5. The van der Waals surface area contributed by atoms with Crippen LogP contribution < -0.4 is 14.2 Å². The third-order valence-corrected chi connectivity index (χ3v) is 5.86. The highest BCUT2D eigenvalue weighted by Crippen LogP contribution is 2.50. The van der Waals surface area contributed by atoms with E-state index in [1.807, 2.05) is 41.4 Å². The van der Waals surface area contributed by atoms with E-state index in [4.69, 9.17) is 30.9 Å². The molecule has 7 heteroatoms. The lowest BCUT2D eigenvalue weighted by Crippen LogP contribution is -2.34. The summed E-state index contributed by atoms with van der Waals surface area (Å²) in [6.45, 7) is 0. The van der Waals surface area contributed by atoms with Gasteiger partial charge in [0.15, 0.2) is 11.5 Å². The molecule has 0 radical (unpaired) electrons. The quantitative estimate of drug-likeness (QED) is 0.521. The van der Waals surface area contributed by atoms with Gasteiger partial charge in [-0.25, -0.2) is 9.40 Å². The summed E-state index contributed by atoms with van der Waals surface area (Å²) in [4.78, 5) is 0. The standard InChI is InChI=1S/C24H20ClFN2O3/c1-29-22-5-3-4-17(23(22)30-2)24-28-20(18-12-15(25)8-11-21(18)31-24)13-19(27-28)14-6-9-16(26)10-7-14/h3-12,20,24H,13H2,1-2H3/t20-,24+/m1/s1. The Labute approximate surface area is 184 Å². The van der Waals surface area contributed by atoms with E-state index >= 15 is 0 Å². The monoisotopic (exact) mass is 438 g/mol. The smallest absolute Gasteiger partial charge is 0.217 e. The van der Waals surface area contributed by atoms with Gasteiger partial charge in [0, 0.05) is 17.0 Å². The first-order valence-electron chi connectivity index (χ1n) is 9.88. The summed E-state index contributed by atoms with van der Waals surface area (Å²) in [6, 6.07) is 17.6. The van der Waals surface area contributed by atoms with Gasteiger partial charge in [0.1, 0.15) is 11.6 Å². The highest BCUT2D eigenvalue weighted by Gasteiger charge is 2.42. The molecule has 5 rings (SSSR count). The van der Waals surface area contributed by atoms with E-state index < -0.39 is 6.23 Å². The van der Waals surface area contributed by atoms with Gasteiger partial charge < -0.3 is 14.2 Å². The number of fused-ring (bicyclic) bond motifs is 3. The summed E-state index contributed by atoms with van der Waals surface area (Å²) in [6.07, 6.45) is 0.118. The number of ether oxygens (including phenoxy) is 3. The van der Waals surface area contributed by atoms with Crippen LogP contribution in [0.4, 0.5) is 4.39 Å². The highest BCUT2D eigenvalue weighted by molar-refractivity contribution is 6.30. The van der Waals surface area contributed by atoms with Crippen molar-refractivity contribution in [3.63, 3.8) is 0 Å². The minimum Gasteiger partial charge on any atom is -0.493 e. The fourth-order valence-corrected chi connectivity index (χ4v) is 4.37. The summed E-state index contributed by atoms with van der Waals surface area (Å²) in [5, 5.41) is 7.45. The Morgan fingerprint density at radius 1 is 1.03 bits per heavy atom. The lowest BCUT2D eigenvalue weighted by atomic mass is 9.95. The Kier molecular flexibility index (Phi) is 4.94. The van der Waals surface area contributed by atoms with Crippen LogP contribution in [-0.4, -0.2) is 24.9 Å². The van der Waals surface area contributed by atoms with E-state index in [9.17, 15) is 4.39 Å². The zero-order valence-corrected chi connectivity index (χ0v) is 17.8. The van der Waals surface area contributed by atoms with Crippen LogP contribution >= 0.6 is 11.6 Å². The summed E-state index contributed by atoms with van der Waals surface area (Å²) < 4.78 is 31.0. The second-order valence-electron chi connectivity index (χ2n) is 7.39. The van der Waals surface area contributed by atoms with Gasteiger partial charge in [0.25, 0.3) is 0 Å². The molecule has 0 spiro atoms. The van der Waals surface area contributed by atoms with Crippen molar-refractivity contribution in [2.45, 2.75) is 18.7 Å². The van der Waals surface area contributed by atoms with Crippen LogP contribution in [0.1, 0.15) is 35.4 Å². The van der Waals surface area contributed by atoms with Gasteiger partial charge in [-0.3, -0.25) is 0 Å². The normalized spacial score (nSPS) is 19.2. The van der Waals surface area contributed by atoms with Crippen molar-refractivity contribution in [2.24, 2.45) is 5.10 Å². The Morgan fingerprint density at radius 3 is 2.58 bits per heavy atom. The summed E-state index contributed by atoms with van der Waals surface area (Å²) >= 11 is 6.29. The van der Waals surface area contributed by atoms with Gasteiger partial charge in [-0.05, 0) is 48.0 Å². The zero-order valence-electron chi connectivity index (χ0n) is 17.0. The number of halogens is 2. The molecule has 0 saturated carbocycles. The highest BCUT2D eigenvalue weighted by atomic mass is 35.5. The molecule has 0 unspecified atom stereocenters. The molecule has 0 aromatic heterocycles. The van der Waals surface area contributed by atoms with Gasteiger partial charge >= 0.3 is 0 Å². The van der Waals surface area contributed by atoms with Gasteiger partial charge in [-0.1, -0.05) is 29.8 Å². The first-order valence-corrected chi connectivity index (χ1v) is 10.3. The Morgan fingerprint density at radius 2 is 1.84 bits per heavy atom. The topological polar surface area (TPSA) is 43.3 Å². The average molecular weight is 439 g/mol. The number of hydrogen-bond acceptors (Lipinski definition) is 5. The third kappa shape index (κ3) is 3.37. The minimum absolute atomic E-state index is 0.0802. The van der Waals surface area contributed by atoms with Crippen molar-refractivity contribution >= 4 is 17.3 Å². The molecule has 2 atom stereocenters. The number of nitrogens with zero attached hydrogens (tertiary/aromatic N) is 2. The molecule has 2 aliphatic rings. The largest absolute Gasteiger partial charge is 0.493 e. The molecule has 0 amide bonds. The first-order chi connectivity index (χ1) is 15.1. The second kappa shape index (κ2) is 7.78. The van der Waals surface area contributed by atoms with E-state index in [2.05, 4.69) is 0 Å². The van der Waals surface area contributed by atoms with Crippen LogP contribution in [-0.2, 0) is 0 Å². The lowest BCUT2D eigenvalue weighted by molar-refractivity contribution is -0.0205. The van der Waals surface area contributed by atoms with Crippen molar-refractivity contribution < 1.29 is 18.6 Å². The number of benzene rings is 3. The van der Waals surface area contributed by atoms with Crippen LogP contribution in [0.25, 0.3) is 0 Å². The molecule has 158 valence electrons. The number of para-hydroxylation sites is 1. The number of methoxy groups -OCH3 is 2. The van der Waals surface area contributed by atoms with E-state index in [-0.39, 0.29) is 11.9 Å².